The number of carbonyl (C=O) groups excluding carboxylic acids is 1. The molecule has 184 valence electrons. The van der Waals surface area contributed by atoms with Crippen LogP contribution in [0, 0.1) is 24.0 Å². The molecule has 1 aliphatic rings. The third-order valence-electron chi connectivity index (χ3n) is 5.37. The lowest BCUT2D eigenvalue weighted by Gasteiger charge is -2.15. The molecule has 1 heterocycles. The zero-order valence-corrected chi connectivity index (χ0v) is 21.5. The molecule has 36 heavy (non-hydrogen) atoms. The van der Waals surface area contributed by atoms with E-state index in [-0.39, 0.29) is 17.3 Å². The lowest BCUT2D eigenvalue weighted by atomic mass is 10.1. The summed E-state index contributed by atoms with van der Waals surface area (Å²) in [7, 11) is 0. The molecule has 0 N–H and O–H groups in total. The van der Waals surface area contributed by atoms with E-state index in [9.17, 15) is 14.9 Å². The van der Waals surface area contributed by atoms with E-state index in [0.717, 1.165) is 11.1 Å². The van der Waals surface area contributed by atoms with Crippen LogP contribution < -0.4 is 9.47 Å². The van der Waals surface area contributed by atoms with Crippen molar-refractivity contribution >= 4 is 39.6 Å². The number of halogens is 1. The second-order valence-corrected chi connectivity index (χ2v) is 8.99. The van der Waals surface area contributed by atoms with Crippen molar-refractivity contribution in [2.75, 3.05) is 6.61 Å². The molecular weight excluding hydrogens is 528 g/mol. The van der Waals surface area contributed by atoms with Gasteiger partial charge in [0, 0.05) is 17.2 Å². The normalized spacial score (nSPS) is 13.9. The molecule has 4 rings (SSSR count). The number of cyclic esters (lactones) is 1. The van der Waals surface area contributed by atoms with Gasteiger partial charge in [0.2, 0.25) is 5.90 Å². The number of carbonyl (C=O) groups is 1. The van der Waals surface area contributed by atoms with Crippen LogP contribution in [0.15, 0.2) is 69.8 Å². The average Bonchev–Trinajstić information content (AvgIpc) is 3.19. The smallest absolute Gasteiger partial charge is 0.363 e. The van der Waals surface area contributed by atoms with E-state index in [1.165, 1.54) is 6.07 Å². The number of esters is 1. The number of nitro groups is 1. The Balaban J connectivity index is 1.63. The molecule has 0 saturated carbocycles. The number of aryl methyl sites for hydroxylation is 2. The van der Waals surface area contributed by atoms with Gasteiger partial charge in [-0.3, -0.25) is 10.1 Å². The number of hydrogen-bond acceptors (Lipinski definition) is 7. The fraction of sp³-hybridized carbons (Fsp3) is 0.185. The fourth-order valence-corrected chi connectivity index (χ4v) is 4.24. The van der Waals surface area contributed by atoms with Crippen molar-refractivity contribution in [3.8, 4) is 11.5 Å². The largest absolute Gasteiger partial charge is 0.490 e. The first-order chi connectivity index (χ1) is 17.2. The van der Waals surface area contributed by atoms with Crippen LogP contribution in [0.2, 0.25) is 0 Å². The van der Waals surface area contributed by atoms with Crippen molar-refractivity contribution in [3.05, 3.63) is 103 Å². The highest BCUT2D eigenvalue weighted by atomic mass is 79.9. The SMILES string of the molecule is CCOc1cc(/C=C2\N=C(c3ccc(C)c([N+](=O)[O-])c3)OC2=O)cc(Br)c1OCc1cccc(C)c1. The summed E-state index contributed by atoms with van der Waals surface area (Å²) in [5.74, 6) is 0.417. The van der Waals surface area contributed by atoms with Crippen molar-refractivity contribution in [3.63, 3.8) is 0 Å². The lowest BCUT2D eigenvalue weighted by Crippen LogP contribution is -2.06. The first-order valence-electron chi connectivity index (χ1n) is 11.2. The Kier molecular flexibility index (Phi) is 7.49. The number of rotatable bonds is 8. The minimum atomic E-state index is -0.651. The van der Waals surface area contributed by atoms with Gasteiger partial charge in [0.05, 0.1) is 16.0 Å². The first-order valence-corrected chi connectivity index (χ1v) is 12.0. The second-order valence-electron chi connectivity index (χ2n) is 8.14. The van der Waals surface area contributed by atoms with Crippen LogP contribution in [-0.4, -0.2) is 23.4 Å². The number of benzene rings is 3. The summed E-state index contributed by atoms with van der Waals surface area (Å²) >= 11 is 3.55. The van der Waals surface area contributed by atoms with E-state index in [0.29, 0.717) is 45.9 Å². The van der Waals surface area contributed by atoms with E-state index < -0.39 is 10.9 Å². The van der Waals surface area contributed by atoms with Gasteiger partial charge < -0.3 is 14.2 Å². The quantitative estimate of drug-likeness (QED) is 0.141. The summed E-state index contributed by atoms with van der Waals surface area (Å²) in [4.78, 5) is 27.5. The molecule has 1 aliphatic heterocycles. The Morgan fingerprint density at radius 3 is 2.64 bits per heavy atom. The van der Waals surface area contributed by atoms with Crippen molar-refractivity contribution in [1.82, 2.24) is 0 Å². The summed E-state index contributed by atoms with van der Waals surface area (Å²) in [5, 5.41) is 11.3. The highest BCUT2D eigenvalue weighted by molar-refractivity contribution is 9.10. The minimum Gasteiger partial charge on any atom is -0.490 e. The van der Waals surface area contributed by atoms with E-state index in [1.54, 1.807) is 37.3 Å². The van der Waals surface area contributed by atoms with Crippen LogP contribution in [0.3, 0.4) is 0 Å². The molecular formula is C27H23BrN2O6. The Morgan fingerprint density at radius 1 is 1.11 bits per heavy atom. The maximum Gasteiger partial charge on any atom is 0.363 e. The number of ether oxygens (including phenoxy) is 3. The van der Waals surface area contributed by atoms with Gasteiger partial charge in [-0.1, -0.05) is 35.9 Å². The van der Waals surface area contributed by atoms with Gasteiger partial charge in [-0.15, -0.1) is 0 Å². The first kappa shape index (κ1) is 25.1. The zero-order valence-electron chi connectivity index (χ0n) is 19.9. The number of nitrogens with zero attached hydrogens (tertiary/aromatic N) is 2. The van der Waals surface area contributed by atoms with Gasteiger partial charge in [-0.2, -0.15) is 0 Å². The van der Waals surface area contributed by atoms with Gasteiger partial charge in [0.1, 0.15) is 6.61 Å². The standard InChI is InChI=1S/C27H23BrN2O6/c1-4-34-24-13-19(11-21(28)25(24)35-15-18-7-5-6-16(2)10-18)12-22-27(31)36-26(29-22)20-9-8-17(3)23(14-20)30(32)33/h5-14H,4,15H2,1-3H3/b22-12-. The van der Waals surface area contributed by atoms with Crippen molar-refractivity contribution in [2.24, 2.45) is 4.99 Å². The number of nitro benzene ring substituents is 1. The zero-order chi connectivity index (χ0) is 25.8. The molecule has 0 radical (unpaired) electrons. The molecule has 0 aromatic heterocycles. The van der Waals surface area contributed by atoms with Gasteiger partial charge in [-0.25, -0.2) is 9.79 Å². The Hall–Kier alpha value is -3.98. The third-order valence-corrected chi connectivity index (χ3v) is 5.96. The van der Waals surface area contributed by atoms with Crippen molar-refractivity contribution in [2.45, 2.75) is 27.4 Å². The van der Waals surface area contributed by atoms with E-state index >= 15 is 0 Å². The predicted octanol–water partition coefficient (Wildman–Crippen LogP) is 6.30. The van der Waals surface area contributed by atoms with E-state index in [4.69, 9.17) is 14.2 Å². The molecule has 0 unspecified atom stereocenters. The van der Waals surface area contributed by atoms with Gasteiger partial charge in [-0.05, 0) is 72.1 Å². The van der Waals surface area contributed by atoms with Gasteiger partial charge in [0.25, 0.3) is 5.69 Å². The predicted molar refractivity (Wildman–Crippen MR) is 139 cm³/mol. The molecule has 0 bridgehead atoms. The summed E-state index contributed by atoms with van der Waals surface area (Å²) in [6.45, 7) is 6.31. The Morgan fingerprint density at radius 2 is 1.92 bits per heavy atom. The van der Waals surface area contributed by atoms with Gasteiger partial charge in [0.15, 0.2) is 17.2 Å². The molecule has 0 amide bonds. The number of aliphatic imine (C=N–C) groups is 1. The lowest BCUT2D eigenvalue weighted by molar-refractivity contribution is -0.385. The maximum absolute atomic E-state index is 12.5. The van der Waals surface area contributed by atoms with Crippen LogP contribution in [0.4, 0.5) is 5.69 Å². The molecule has 0 atom stereocenters. The summed E-state index contributed by atoms with van der Waals surface area (Å²) in [6.07, 6.45) is 1.57. The highest BCUT2D eigenvalue weighted by Gasteiger charge is 2.26. The van der Waals surface area contributed by atoms with E-state index in [2.05, 4.69) is 27.0 Å². The van der Waals surface area contributed by atoms with Crippen LogP contribution in [0.25, 0.3) is 6.08 Å². The molecule has 0 spiro atoms. The van der Waals surface area contributed by atoms with Crippen LogP contribution in [0.1, 0.15) is 34.7 Å². The van der Waals surface area contributed by atoms with E-state index in [1.807, 2.05) is 32.0 Å². The molecule has 0 saturated heterocycles. The monoisotopic (exact) mass is 550 g/mol. The van der Waals surface area contributed by atoms with Crippen molar-refractivity contribution in [1.29, 1.82) is 0 Å². The second kappa shape index (κ2) is 10.7. The molecule has 0 fully saturated rings. The fourth-order valence-electron chi connectivity index (χ4n) is 3.66. The van der Waals surface area contributed by atoms with Crippen LogP contribution in [-0.2, 0) is 16.1 Å². The maximum atomic E-state index is 12.5. The topological polar surface area (TPSA) is 100 Å². The molecule has 8 nitrogen and oxygen atoms in total. The summed E-state index contributed by atoms with van der Waals surface area (Å²) in [6, 6.07) is 16.1. The number of hydrogen-bond donors (Lipinski definition) is 0. The highest BCUT2D eigenvalue weighted by Crippen LogP contribution is 2.38. The molecule has 3 aromatic carbocycles. The Bertz CT molecular complexity index is 1410. The van der Waals surface area contributed by atoms with Crippen LogP contribution in [0.5, 0.6) is 11.5 Å². The Labute approximate surface area is 216 Å². The van der Waals surface area contributed by atoms with Crippen molar-refractivity contribution < 1.29 is 23.9 Å². The molecule has 3 aromatic rings. The summed E-state index contributed by atoms with van der Waals surface area (Å²) in [5.41, 5.74) is 3.65. The minimum absolute atomic E-state index is 0.0107. The molecule has 9 heteroatoms. The van der Waals surface area contributed by atoms with Gasteiger partial charge >= 0.3 is 5.97 Å². The average molecular weight is 551 g/mol. The van der Waals surface area contributed by atoms with Crippen LogP contribution >= 0.6 is 15.9 Å². The summed E-state index contributed by atoms with van der Waals surface area (Å²) < 4.78 is 17.8. The molecule has 0 aliphatic carbocycles. The third kappa shape index (κ3) is 5.63.